The Morgan fingerprint density at radius 2 is 1.48 bits per heavy atom. The summed E-state index contributed by atoms with van der Waals surface area (Å²) < 4.78 is 10.9. The van der Waals surface area contributed by atoms with Gasteiger partial charge in [0.15, 0.2) is 0 Å². The summed E-state index contributed by atoms with van der Waals surface area (Å²) in [6, 6.07) is 0. The minimum Gasteiger partial charge on any atom is -0.465 e. The monoisotopic (exact) mass is 354 g/mol. The van der Waals surface area contributed by atoms with Crippen molar-refractivity contribution in [3.8, 4) is 0 Å². The molecule has 3 atom stereocenters. The first-order chi connectivity index (χ1) is 11.6. The fourth-order valence-corrected chi connectivity index (χ4v) is 3.67. The third-order valence-electron chi connectivity index (χ3n) is 4.75. The first-order valence-corrected chi connectivity index (χ1v) is 9.93. The quantitative estimate of drug-likeness (QED) is 0.576. The topological polar surface area (TPSA) is 52.6 Å². The van der Waals surface area contributed by atoms with Crippen LogP contribution in [0.2, 0.25) is 0 Å². The van der Waals surface area contributed by atoms with E-state index in [0.29, 0.717) is 25.0 Å². The Morgan fingerprint density at radius 1 is 0.960 bits per heavy atom. The molecule has 0 spiro atoms. The van der Waals surface area contributed by atoms with Crippen LogP contribution in [0.25, 0.3) is 0 Å². The van der Waals surface area contributed by atoms with Crippen LogP contribution in [0.5, 0.6) is 0 Å². The van der Waals surface area contributed by atoms with Gasteiger partial charge < -0.3 is 9.47 Å². The third-order valence-corrected chi connectivity index (χ3v) is 4.75. The van der Waals surface area contributed by atoms with E-state index in [-0.39, 0.29) is 29.2 Å². The predicted octanol–water partition coefficient (Wildman–Crippen LogP) is 5.00. The molecule has 0 heterocycles. The molecule has 0 aliphatic heterocycles. The van der Waals surface area contributed by atoms with Gasteiger partial charge in [-0.25, -0.2) is 0 Å². The van der Waals surface area contributed by atoms with E-state index < -0.39 is 0 Å². The van der Waals surface area contributed by atoms with Crippen LogP contribution >= 0.6 is 0 Å². The van der Waals surface area contributed by atoms with Gasteiger partial charge in [0.05, 0.1) is 25.0 Å². The second-order valence-corrected chi connectivity index (χ2v) is 9.35. The zero-order valence-electron chi connectivity index (χ0n) is 17.1. The highest BCUT2D eigenvalue weighted by Gasteiger charge is 2.37. The zero-order valence-corrected chi connectivity index (χ0v) is 17.1. The van der Waals surface area contributed by atoms with Gasteiger partial charge in [-0.05, 0) is 42.9 Å². The van der Waals surface area contributed by atoms with Crippen LogP contribution in [0.4, 0.5) is 0 Å². The Kier molecular flexibility index (Phi) is 8.95. The van der Waals surface area contributed by atoms with Gasteiger partial charge in [-0.3, -0.25) is 9.59 Å². The summed E-state index contributed by atoms with van der Waals surface area (Å²) in [5.74, 6) is -0.267. The van der Waals surface area contributed by atoms with Crippen molar-refractivity contribution in [3.05, 3.63) is 0 Å². The molecule has 1 aliphatic rings. The highest BCUT2D eigenvalue weighted by atomic mass is 16.5. The summed E-state index contributed by atoms with van der Waals surface area (Å²) in [6.07, 6.45) is 5.41. The van der Waals surface area contributed by atoms with E-state index in [2.05, 4.69) is 27.7 Å². The second kappa shape index (κ2) is 10.2. The summed E-state index contributed by atoms with van der Waals surface area (Å²) in [5.41, 5.74) is 0.290. The lowest BCUT2D eigenvalue weighted by Gasteiger charge is -2.29. The minimum atomic E-state index is -0.327. The van der Waals surface area contributed by atoms with Gasteiger partial charge in [-0.15, -0.1) is 0 Å². The van der Waals surface area contributed by atoms with Crippen molar-refractivity contribution in [1.29, 1.82) is 0 Å². The first kappa shape index (κ1) is 22.0. The fourth-order valence-electron chi connectivity index (χ4n) is 3.67. The highest BCUT2D eigenvalue weighted by Crippen LogP contribution is 2.32. The van der Waals surface area contributed by atoms with Crippen molar-refractivity contribution in [2.75, 3.05) is 13.2 Å². The standard InChI is InChI=1S/C21H38O4/c1-15(2)14-25-20(23)18-10-8-7-9-17(18)19(22)24-12-11-16(3)13-21(4,5)6/h15-18H,7-14H2,1-6H3. The molecule has 1 aliphatic carbocycles. The van der Waals surface area contributed by atoms with Crippen LogP contribution in [0.3, 0.4) is 0 Å². The van der Waals surface area contributed by atoms with Crippen molar-refractivity contribution in [2.24, 2.45) is 29.1 Å². The normalized spacial score (nSPS) is 22.5. The molecule has 0 aromatic heterocycles. The summed E-state index contributed by atoms with van der Waals surface area (Å²) >= 11 is 0. The molecule has 4 nitrogen and oxygen atoms in total. The minimum absolute atomic E-state index is 0.214. The Hall–Kier alpha value is -1.06. The van der Waals surface area contributed by atoms with Gasteiger partial charge in [0.2, 0.25) is 0 Å². The number of hydrogen-bond donors (Lipinski definition) is 0. The molecule has 4 heteroatoms. The van der Waals surface area contributed by atoms with Gasteiger partial charge in [0.1, 0.15) is 0 Å². The molecule has 0 N–H and O–H groups in total. The lowest BCUT2D eigenvalue weighted by molar-refractivity contribution is -0.163. The molecule has 0 amide bonds. The van der Waals surface area contributed by atoms with Gasteiger partial charge in [0, 0.05) is 0 Å². The average molecular weight is 355 g/mol. The summed E-state index contributed by atoms with van der Waals surface area (Å²) in [5, 5.41) is 0. The first-order valence-electron chi connectivity index (χ1n) is 9.93. The molecule has 1 saturated carbocycles. The van der Waals surface area contributed by atoms with Gasteiger partial charge in [-0.1, -0.05) is 54.4 Å². The lowest BCUT2D eigenvalue weighted by Crippen LogP contribution is -2.35. The van der Waals surface area contributed by atoms with Crippen molar-refractivity contribution in [3.63, 3.8) is 0 Å². The number of rotatable bonds is 8. The molecule has 146 valence electrons. The summed E-state index contributed by atoms with van der Waals surface area (Å²) in [7, 11) is 0. The molecule has 0 bridgehead atoms. The van der Waals surface area contributed by atoms with Crippen molar-refractivity contribution in [1.82, 2.24) is 0 Å². The largest absolute Gasteiger partial charge is 0.465 e. The average Bonchev–Trinajstić information content (AvgIpc) is 2.50. The van der Waals surface area contributed by atoms with Crippen LogP contribution in [-0.4, -0.2) is 25.2 Å². The van der Waals surface area contributed by atoms with Crippen LogP contribution < -0.4 is 0 Å². The van der Waals surface area contributed by atoms with Gasteiger partial charge in [-0.2, -0.15) is 0 Å². The Morgan fingerprint density at radius 3 is 1.96 bits per heavy atom. The second-order valence-electron chi connectivity index (χ2n) is 9.35. The molecule has 25 heavy (non-hydrogen) atoms. The molecule has 0 radical (unpaired) electrons. The predicted molar refractivity (Wildman–Crippen MR) is 100 cm³/mol. The molecule has 3 unspecified atom stereocenters. The van der Waals surface area contributed by atoms with Gasteiger partial charge in [0.25, 0.3) is 0 Å². The molecule has 0 aromatic carbocycles. The van der Waals surface area contributed by atoms with E-state index in [4.69, 9.17) is 9.47 Å². The van der Waals surface area contributed by atoms with Crippen LogP contribution in [0.1, 0.15) is 80.1 Å². The molecule has 0 saturated heterocycles. The van der Waals surface area contributed by atoms with E-state index in [1.165, 1.54) is 0 Å². The smallest absolute Gasteiger partial charge is 0.309 e. The third kappa shape index (κ3) is 8.73. The SMILES string of the molecule is CC(C)COC(=O)C1CCCCC1C(=O)OCCC(C)CC(C)(C)C. The van der Waals surface area contributed by atoms with Crippen molar-refractivity contribution >= 4 is 11.9 Å². The van der Waals surface area contributed by atoms with E-state index in [1.54, 1.807) is 0 Å². The zero-order chi connectivity index (χ0) is 19.0. The summed E-state index contributed by atoms with van der Waals surface area (Å²) in [4.78, 5) is 24.8. The van der Waals surface area contributed by atoms with E-state index in [9.17, 15) is 9.59 Å². The maximum Gasteiger partial charge on any atom is 0.309 e. The fraction of sp³-hybridized carbons (Fsp3) is 0.905. The number of carbonyl (C=O) groups is 2. The van der Waals surface area contributed by atoms with E-state index >= 15 is 0 Å². The van der Waals surface area contributed by atoms with Crippen molar-refractivity contribution < 1.29 is 19.1 Å². The summed E-state index contributed by atoms with van der Waals surface area (Å²) in [6.45, 7) is 13.8. The van der Waals surface area contributed by atoms with Crippen LogP contribution in [0.15, 0.2) is 0 Å². The number of esters is 2. The Balaban J connectivity index is 2.46. The van der Waals surface area contributed by atoms with Crippen molar-refractivity contribution in [2.45, 2.75) is 80.1 Å². The Bertz CT molecular complexity index is 422. The molecule has 1 fully saturated rings. The molecule has 1 rings (SSSR count). The molecular weight excluding hydrogens is 316 g/mol. The van der Waals surface area contributed by atoms with Crippen LogP contribution in [-0.2, 0) is 19.1 Å². The number of carbonyl (C=O) groups excluding carboxylic acids is 2. The van der Waals surface area contributed by atoms with Crippen LogP contribution in [0, 0.1) is 29.1 Å². The number of ether oxygens (including phenoxy) is 2. The van der Waals surface area contributed by atoms with Gasteiger partial charge >= 0.3 is 11.9 Å². The highest BCUT2D eigenvalue weighted by molar-refractivity contribution is 5.82. The maximum atomic E-state index is 12.5. The lowest BCUT2D eigenvalue weighted by atomic mass is 9.79. The molecular formula is C21H38O4. The molecule has 0 aromatic rings. The van der Waals surface area contributed by atoms with E-state index in [1.807, 2.05) is 13.8 Å². The van der Waals surface area contributed by atoms with E-state index in [0.717, 1.165) is 38.5 Å². The Labute approximate surface area is 154 Å². The maximum absolute atomic E-state index is 12.5. The number of hydrogen-bond acceptors (Lipinski definition) is 4.